The molecule has 58 heavy (non-hydrogen) atoms. The number of nitrogens with one attached hydrogen (secondary N) is 3. The molecule has 0 spiro atoms. The highest BCUT2D eigenvalue weighted by atomic mass is 16.6. The minimum absolute atomic E-state index is 0.00370. The molecule has 0 radical (unpaired) electrons. The first kappa shape index (κ1) is 37.6. The Hall–Kier alpha value is -7.33. The zero-order valence-electron chi connectivity index (χ0n) is 30.8. The van der Waals surface area contributed by atoms with Gasteiger partial charge in [-0.3, -0.25) is 24.7 Å². The van der Waals surface area contributed by atoms with E-state index in [4.69, 9.17) is 14.2 Å². The van der Waals surface area contributed by atoms with Crippen LogP contribution < -0.4 is 16.2 Å². The van der Waals surface area contributed by atoms with E-state index < -0.39 is 60.9 Å². The Morgan fingerprint density at radius 2 is 1.48 bits per heavy atom. The molecule has 3 heterocycles. The minimum Gasteiger partial charge on any atom is -0.480 e. The number of aromatic amines is 1. The maximum atomic E-state index is 13.9. The van der Waals surface area contributed by atoms with Gasteiger partial charge in [0.15, 0.2) is 17.3 Å². The van der Waals surface area contributed by atoms with Crippen LogP contribution in [0.1, 0.15) is 34.3 Å². The number of nitrogens with zero attached hydrogens (tertiary/aromatic N) is 4. The first-order valence-corrected chi connectivity index (χ1v) is 18.5. The van der Waals surface area contributed by atoms with E-state index in [-0.39, 0.29) is 42.9 Å². The predicted octanol–water partition coefficient (Wildman–Crippen LogP) is 4.68. The predicted molar refractivity (Wildman–Crippen MR) is 209 cm³/mol. The van der Waals surface area contributed by atoms with Crippen LogP contribution in [0.15, 0.2) is 120 Å². The summed E-state index contributed by atoms with van der Waals surface area (Å²) in [7, 11) is 0. The first-order chi connectivity index (χ1) is 28.2. The van der Waals surface area contributed by atoms with E-state index in [9.17, 15) is 29.1 Å². The van der Waals surface area contributed by atoms with Gasteiger partial charge in [0.25, 0.3) is 5.56 Å². The summed E-state index contributed by atoms with van der Waals surface area (Å²) in [6, 6.07) is 32.4. The molecule has 1 unspecified atom stereocenters. The lowest BCUT2D eigenvalue weighted by Gasteiger charge is -2.31. The van der Waals surface area contributed by atoms with Gasteiger partial charge in [0.05, 0.1) is 31.6 Å². The van der Waals surface area contributed by atoms with E-state index in [1.54, 1.807) is 0 Å². The summed E-state index contributed by atoms with van der Waals surface area (Å²) in [5, 5.41) is 15.0. The van der Waals surface area contributed by atoms with E-state index in [1.165, 1.54) is 10.9 Å². The molecule has 2 atom stereocenters. The monoisotopic (exact) mass is 783 g/mol. The van der Waals surface area contributed by atoms with Crippen LogP contribution >= 0.6 is 0 Å². The summed E-state index contributed by atoms with van der Waals surface area (Å²) < 4.78 is 18.4. The second-order valence-electron chi connectivity index (χ2n) is 13.8. The van der Waals surface area contributed by atoms with Crippen LogP contribution in [0.25, 0.3) is 22.3 Å². The van der Waals surface area contributed by atoms with Gasteiger partial charge in [0.1, 0.15) is 19.7 Å². The van der Waals surface area contributed by atoms with E-state index in [0.717, 1.165) is 27.2 Å². The molecule has 294 valence electrons. The lowest BCUT2D eigenvalue weighted by molar-refractivity contribution is -0.146. The first-order valence-electron chi connectivity index (χ1n) is 18.5. The Bertz CT molecular complexity index is 2460. The molecule has 16 heteroatoms. The number of aromatic nitrogens is 4. The summed E-state index contributed by atoms with van der Waals surface area (Å²) in [6.07, 6.45) is -1.22. The number of alkyl carbamates (subject to hydrolysis) is 1. The summed E-state index contributed by atoms with van der Waals surface area (Å²) in [5.74, 6) is -2.41. The van der Waals surface area contributed by atoms with Crippen molar-refractivity contribution in [3.8, 4) is 11.1 Å². The Morgan fingerprint density at radius 3 is 2.12 bits per heavy atom. The molecule has 2 aliphatic rings. The van der Waals surface area contributed by atoms with Gasteiger partial charge >= 0.3 is 18.2 Å². The van der Waals surface area contributed by atoms with Gasteiger partial charge in [-0.15, -0.1) is 0 Å². The number of hydrogen-bond donors (Lipinski definition) is 4. The fourth-order valence-corrected chi connectivity index (χ4v) is 7.50. The highest BCUT2D eigenvalue weighted by Gasteiger charge is 2.39. The van der Waals surface area contributed by atoms with Gasteiger partial charge in [-0.2, -0.15) is 4.98 Å². The number of carbonyl (C=O) groups is 4. The summed E-state index contributed by atoms with van der Waals surface area (Å²) in [5.41, 5.74) is 4.80. The minimum atomic E-state index is -1.29. The number of imidazole rings is 1. The SMILES string of the molecule is O=C(O)CN(C(=O)Cn1cnc2c(=O)[nH]c(NC(=O)OC(c3ccccc3)c3ccccc3)nc21)C1COC[C@@H]1NC(=O)OCC1c2ccccc2-c2ccccc21. The maximum absolute atomic E-state index is 13.9. The zero-order chi connectivity index (χ0) is 40.2. The van der Waals surface area contributed by atoms with Gasteiger partial charge in [0.2, 0.25) is 11.9 Å². The number of benzene rings is 4. The van der Waals surface area contributed by atoms with Gasteiger partial charge in [-0.05, 0) is 33.4 Å². The third kappa shape index (κ3) is 7.85. The Balaban J connectivity index is 0.949. The van der Waals surface area contributed by atoms with Gasteiger partial charge in [0, 0.05) is 5.92 Å². The fraction of sp³-hybridized carbons (Fsp3) is 0.214. The van der Waals surface area contributed by atoms with Crippen LogP contribution in [0.4, 0.5) is 15.5 Å². The van der Waals surface area contributed by atoms with Crippen LogP contribution in [0.5, 0.6) is 0 Å². The van der Waals surface area contributed by atoms with Crippen molar-refractivity contribution in [1.82, 2.24) is 29.7 Å². The second-order valence-corrected chi connectivity index (χ2v) is 13.8. The molecular weight excluding hydrogens is 747 g/mol. The standard InChI is InChI=1S/C42H37N7O9/c50-34(19-48-24-43-36-38(48)45-40(46-39(36)53)47-42(55)58-37(25-11-3-1-4-12-25)26-13-5-2-6-14-26)49(20-35(51)52)33-23-56-22-32(33)44-41(54)57-21-31-29-17-9-7-15-27(29)28-16-8-10-18-30(28)31/h1-18,24,31-33,37H,19-23H2,(H,44,54)(H,51,52)(H2,45,46,47,53,55)/t32-,33?/m0/s1. The third-order valence-corrected chi connectivity index (χ3v) is 10.2. The molecule has 6 aromatic rings. The number of carbonyl (C=O) groups excluding carboxylic acids is 3. The van der Waals surface area contributed by atoms with Crippen molar-refractivity contribution in [2.24, 2.45) is 0 Å². The van der Waals surface area contributed by atoms with Gasteiger partial charge in [-0.1, -0.05) is 109 Å². The number of anilines is 1. The second kappa shape index (κ2) is 16.4. The highest BCUT2D eigenvalue weighted by Crippen LogP contribution is 2.44. The Kier molecular flexibility index (Phi) is 10.6. The van der Waals surface area contributed by atoms with E-state index >= 15 is 0 Å². The summed E-state index contributed by atoms with van der Waals surface area (Å²) in [6.45, 7) is -1.19. The number of aliphatic carboxylic acids is 1. The third-order valence-electron chi connectivity index (χ3n) is 10.2. The molecule has 0 bridgehead atoms. The van der Waals surface area contributed by atoms with Crippen LogP contribution in [-0.2, 0) is 30.3 Å². The van der Waals surface area contributed by atoms with Crippen molar-refractivity contribution in [1.29, 1.82) is 0 Å². The Morgan fingerprint density at radius 1 is 0.862 bits per heavy atom. The number of H-pyrrole nitrogens is 1. The average molecular weight is 784 g/mol. The van der Waals surface area contributed by atoms with Crippen LogP contribution in [0.2, 0.25) is 0 Å². The van der Waals surface area contributed by atoms with Crippen LogP contribution in [-0.4, -0.2) is 92.0 Å². The number of carboxylic acid groups (broad SMARTS) is 1. The van der Waals surface area contributed by atoms with E-state index in [2.05, 4.69) is 25.6 Å². The largest absolute Gasteiger partial charge is 0.480 e. The number of hydrogen-bond acceptors (Lipinski definition) is 10. The van der Waals surface area contributed by atoms with Gasteiger partial charge < -0.3 is 34.1 Å². The molecule has 1 aliphatic heterocycles. The number of fused-ring (bicyclic) bond motifs is 4. The number of amides is 3. The molecular formula is C42H37N7O9. The fourth-order valence-electron chi connectivity index (χ4n) is 7.50. The average Bonchev–Trinajstić information content (AvgIpc) is 3.95. The van der Waals surface area contributed by atoms with Crippen LogP contribution in [0.3, 0.4) is 0 Å². The van der Waals surface area contributed by atoms with Crippen molar-refractivity contribution in [3.63, 3.8) is 0 Å². The maximum Gasteiger partial charge on any atom is 0.414 e. The van der Waals surface area contributed by atoms with Crippen molar-refractivity contribution in [2.45, 2.75) is 30.7 Å². The Labute approximate surface area is 330 Å². The molecule has 1 saturated heterocycles. The zero-order valence-corrected chi connectivity index (χ0v) is 30.8. The summed E-state index contributed by atoms with van der Waals surface area (Å²) in [4.78, 5) is 77.3. The number of ether oxygens (including phenoxy) is 3. The summed E-state index contributed by atoms with van der Waals surface area (Å²) >= 11 is 0. The molecule has 1 fully saturated rings. The molecule has 0 saturated carbocycles. The lowest BCUT2D eigenvalue weighted by atomic mass is 9.98. The number of rotatable bonds is 12. The topological polar surface area (TPSA) is 207 Å². The van der Waals surface area contributed by atoms with Crippen LogP contribution in [0, 0.1) is 0 Å². The highest BCUT2D eigenvalue weighted by molar-refractivity contribution is 5.85. The van der Waals surface area contributed by atoms with Gasteiger partial charge in [-0.25, -0.2) is 14.6 Å². The molecule has 3 amide bonds. The molecule has 8 rings (SSSR count). The van der Waals surface area contributed by atoms with Crippen molar-refractivity contribution in [2.75, 3.05) is 31.7 Å². The molecule has 4 N–H and O–H groups in total. The van der Waals surface area contributed by atoms with Crippen molar-refractivity contribution >= 4 is 41.2 Å². The quantitative estimate of drug-likeness (QED) is 0.134. The number of carboxylic acids is 1. The molecule has 16 nitrogen and oxygen atoms in total. The van der Waals surface area contributed by atoms with Crippen molar-refractivity contribution in [3.05, 3.63) is 148 Å². The van der Waals surface area contributed by atoms with Crippen molar-refractivity contribution < 1.29 is 38.5 Å². The lowest BCUT2D eigenvalue weighted by Crippen LogP contribution is -2.55. The van der Waals surface area contributed by atoms with E-state index in [0.29, 0.717) is 11.1 Å². The molecule has 2 aromatic heterocycles. The normalized spacial score (nSPS) is 15.7. The smallest absolute Gasteiger partial charge is 0.414 e. The molecule has 1 aliphatic carbocycles. The van der Waals surface area contributed by atoms with E-state index in [1.807, 2.05) is 109 Å². The molecule has 4 aromatic carbocycles.